The number of Topliss-reactive ketones (excluding diaryl/α,β-unsaturated/α-hetero) is 1. The van der Waals surface area contributed by atoms with Gasteiger partial charge in [-0.15, -0.1) is 0 Å². The van der Waals surface area contributed by atoms with Crippen LogP contribution in [0.3, 0.4) is 0 Å². The maximum absolute atomic E-state index is 15.2. The number of halogens is 1. The van der Waals surface area contributed by atoms with E-state index < -0.39 is 0 Å². The monoisotopic (exact) mass is 450 g/mol. The Bertz CT molecular complexity index is 1210. The highest BCUT2D eigenvalue weighted by atomic mass is 19.1. The van der Waals surface area contributed by atoms with Crippen molar-refractivity contribution in [2.75, 3.05) is 5.32 Å². The van der Waals surface area contributed by atoms with Crippen molar-refractivity contribution in [3.63, 3.8) is 0 Å². The summed E-state index contributed by atoms with van der Waals surface area (Å²) in [5, 5.41) is 6.67. The van der Waals surface area contributed by atoms with Crippen LogP contribution in [0, 0.1) is 18.7 Å². The van der Waals surface area contributed by atoms with Crippen molar-refractivity contribution in [3.8, 4) is 11.1 Å². The summed E-state index contributed by atoms with van der Waals surface area (Å²) >= 11 is 0. The molecule has 4 rings (SSSR count). The molecule has 1 fully saturated rings. The minimum absolute atomic E-state index is 0.0211. The van der Waals surface area contributed by atoms with E-state index in [0.29, 0.717) is 34.8 Å². The SMILES string of the molecule is Cc1c(CCC(=O)c2nc(C(C)(C)C)no2)ccc(-c2ccnc(NC(=O)C3CC3)c2)c1F. The van der Waals surface area contributed by atoms with Gasteiger partial charge in [-0.05, 0) is 55.0 Å². The Kier molecular flexibility index (Phi) is 6.10. The van der Waals surface area contributed by atoms with Crippen molar-refractivity contribution in [2.24, 2.45) is 5.92 Å². The second kappa shape index (κ2) is 8.84. The van der Waals surface area contributed by atoms with Crippen LogP contribution in [0.5, 0.6) is 0 Å². The summed E-state index contributed by atoms with van der Waals surface area (Å²) in [6.07, 6.45) is 3.84. The number of nitrogens with zero attached hydrogens (tertiary/aromatic N) is 3. The molecule has 1 aliphatic carbocycles. The number of aryl methyl sites for hydroxylation is 1. The van der Waals surface area contributed by atoms with E-state index in [1.54, 1.807) is 31.3 Å². The number of ketones is 1. The molecule has 1 saturated carbocycles. The van der Waals surface area contributed by atoms with E-state index in [-0.39, 0.29) is 41.2 Å². The summed E-state index contributed by atoms with van der Waals surface area (Å²) in [7, 11) is 0. The molecule has 172 valence electrons. The van der Waals surface area contributed by atoms with Crippen LogP contribution in [0.1, 0.15) is 67.7 Å². The normalized spacial score (nSPS) is 13.7. The fourth-order valence-electron chi connectivity index (χ4n) is 3.46. The maximum Gasteiger partial charge on any atom is 0.294 e. The van der Waals surface area contributed by atoms with E-state index in [2.05, 4.69) is 20.4 Å². The van der Waals surface area contributed by atoms with E-state index in [9.17, 15) is 9.59 Å². The number of pyridine rings is 1. The average molecular weight is 451 g/mol. The van der Waals surface area contributed by atoms with Gasteiger partial charge < -0.3 is 9.84 Å². The van der Waals surface area contributed by atoms with E-state index in [1.807, 2.05) is 26.8 Å². The minimum atomic E-state index is -0.363. The van der Waals surface area contributed by atoms with Gasteiger partial charge in [0.15, 0.2) is 5.82 Å². The second-order valence-electron chi connectivity index (χ2n) is 9.50. The molecule has 1 amide bonds. The van der Waals surface area contributed by atoms with Gasteiger partial charge in [-0.2, -0.15) is 4.98 Å². The lowest BCUT2D eigenvalue weighted by Crippen LogP contribution is -2.14. The number of hydrogen-bond acceptors (Lipinski definition) is 6. The first kappa shape index (κ1) is 22.8. The van der Waals surface area contributed by atoms with Gasteiger partial charge in [-0.3, -0.25) is 9.59 Å². The van der Waals surface area contributed by atoms with E-state index in [4.69, 9.17) is 4.52 Å². The van der Waals surface area contributed by atoms with Gasteiger partial charge in [0.25, 0.3) is 5.89 Å². The maximum atomic E-state index is 15.2. The highest BCUT2D eigenvalue weighted by Crippen LogP contribution is 2.31. The fraction of sp³-hybridized carbons (Fsp3) is 0.400. The van der Waals surface area contributed by atoms with Crippen LogP contribution in [-0.2, 0) is 16.6 Å². The minimum Gasteiger partial charge on any atom is -0.331 e. The molecule has 0 atom stereocenters. The van der Waals surface area contributed by atoms with Crippen LogP contribution in [0.2, 0.25) is 0 Å². The van der Waals surface area contributed by atoms with E-state index in [1.165, 1.54) is 0 Å². The van der Waals surface area contributed by atoms with Crippen LogP contribution >= 0.6 is 0 Å². The zero-order valence-corrected chi connectivity index (χ0v) is 19.2. The second-order valence-corrected chi connectivity index (χ2v) is 9.50. The van der Waals surface area contributed by atoms with Gasteiger partial charge in [0.1, 0.15) is 11.6 Å². The molecule has 8 heteroatoms. The molecule has 0 radical (unpaired) electrons. The third-order valence-electron chi connectivity index (χ3n) is 5.73. The quantitative estimate of drug-likeness (QED) is 0.507. The summed E-state index contributed by atoms with van der Waals surface area (Å²) in [6, 6.07) is 6.88. The lowest BCUT2D eigenvalue weighted by molar-refractivity contribution is -0.117. The molecule has 1 N–H and O–H groups in total. The standard InChI is InChI=1S/C25H27FN4O3/c1-14-15(8-10-19(31)23-29-24(30-33-23)25(2,3)4)7-9-18(21(14)26)17-11-12-27-20(13-17)28-22(32)16-5-6-16/h7,9,11-13,16H,5-6,8,10H2,1-4H3,(H,27,28,32). The molecule has 0 aliphatic heterocycles. The van der Waals surface area contributed by atoms with Crippen molar-refractivity contribution in [1.29, 1.82) is 0 Å². The molecular formula is C25H27FN4O3. The number of amides is 1. The largest absolute Gasteiger partial charge is 0.331 e. The molecule has 33 heavy (non-hydrogen) atoms. The number of benzene rings is 1. The van der Waals surface area contributed by atoms with Crippen LogP contribution in [0.4, 0.5) is 10.2 Å². The summed E-state index contributed by atoms with van der Waals surface area (Å²) in [6.45, 7) is 7.51. The average Bonchev–Trinajstić information content (AvgIpc) is 3.49. The first-order chi connectivity index (χ1) is 15.6. The summed E-state index contributed by atoms with van der Waals surface area (Å²) in [5.74, 6) is 0.237. The molecule has 1 aliphatic rings. The summed E-state index contributed by atoms with van der Waals surface area (Å²) < 4.78 is 20.3. The Labute approximate surface area is 191 Å². The number of nitrogens with one attached hydrogen (secondary N) is 1. The smallest absolute Gasteiger partial charge is 0.294 e. The van der Waals surface area contributed by atoms with Gasteiger partial charge in [0.2, 0.25) is 11.7 Å². The predicted octanol–water partition coefficient (Wildman–Crippen LogP) is 5.04. The molecular weight excluding hydrogens is 423 g/mol. The summed E-state index contributed by atoms with van der Waals surface area (Å²) in [4.78, 5) is 32.9. The van der Waals surface area contributed by atoms with Crippen LogP contribution in [-0.4, -0.2) is 26.8 Å². The van der Waals surface area contributed by atoms with Crippen molar-refractivity contribution >= 4 is 17.5 Å². The first-order valence-corrected chi connectivity index (χ1v) is 11.1. The Balaban J connectivity index is 1.47. The summed E-state index contributed by atoms with van der Waals surface area (Å²) in [5.41, 5.74) is 1.93. The lowest BCUT2D eigenvalue weighted by Gasteiger charge is -2.12. The zero-order chi connectivity index (χ0) is 23.8. The first-order valence-electron chi connectivity index (χ1n) is 11.1. The van der Waals surface area contributed by atoms with Crippen molar-refractivity contribution in [3.05, 3.63) is 59.1 Å². The van der Waals surface area contributed by atoms with Crippen molar-refractivity contribution in [2.45, 2.75) is 58.8 Å². The van der Waals surface area contributed by atoms with Gasteiger partial charge in [0.05, 0.1) is 0 Å². The number of anilines is 1. The molecule has 0 bridgehead atoms. The molecule has 2 heterocycles. The molecule has 2 aromatic heterocycles. The number of carbonyl (C=O) groups is 2. The molecule has 1 aromatic carbocycles. The van der Waals surface area contributed by atoms with Gasteiger partial charge in [-0.1, -0.05) is 38.1 Å². The van der Waals surface area contributed by atoms with Crippen LogP contribution in [0.25, 0.3) is 11.1 Å². The van der Waals surface area contributed by atoms with E-state index in [0.717, 1.165) is 18.4 Å². The van der Waals surface area contributed by atoms with Gasteiger partial charge in [0, 0.05) is 29.5 Å². The molecule has 0 spiro atoms. The Morgan fingerprint density at radius 2 is 1.97 bits per heavy atom. The Hall–Kier alpha value is -3.42. The highest BCUT2D eigenvalue weighted by Gasteiger charge is 2.30. The Morgan fingerprint density at radius 1 is 1.21 bits per heavy atom. The number of hydrogen-bond donors (Lipinski definition) is 1. The Morgan fingerprint density at radius 3 is 2.64 bits per heavy atom. The van der Waals surface area contributed by atoms with Gasteiger partial charge >= 0.3 is 0 Å². The van der Waals surface area contributed by atoms with Crippen LogP contribution in [0.15, 0.2) is 35.0 Å². The highest BCUT2D eigenvalue weighted by molar-refractivity contribution is 5.93. The number of rotatable bonds is 7. The third kappa shape index (κ3) is 5.16. The van der Waals surface area contributed by atoms with Crippen molar-refractivity contribution < 1.29 is 18.5 Å². The van der Waals surface area contributed by atoms with Crippen molar-refractivity contribution in [1.82, 2.24) is 15.1 Å². The number of carbonyl (C=O) groups excluding carboxylic acids is 2. The lowest BCUT2D eigenvalue weighted by atomic mass is 9.96. The van der Waals surface area contributed by atoms with Crippen LogP contribution < -0.4 is 5.32 Å². The molecule has 3 aromatic rings. The third-order valence-corrected chi connectivity index (χ3v) is 5.73. The van der Waals surface area contributed by atoms with E-state index >= 15 is 4.39 Å². The topological polar surface area (TPSA) is 98.0 Å². The zero-order valence-electron chi connectivity index (χ0n) is 19.2. The molecule has 0 unspecified atom stereocenters. The predicted molar refractivity (Wildman–Crippen MR) is 121 cm³/mol. The van der Waals surface area contributed by atoms with Gasteiger partial charge in [-0.25, -0.2) is 9.37 Å². The fourth-order valence-corrected chi connectivity index (χ4v) is 3.46. The number of aromatic nitrogens is 3. The molecule has 0 saturated heterocycles. The molecule has 7 nitrogen and oxygen atoms in total.